The van der Waals surface area contributed by atoms with Crippen molar-refractivity contribution in [3.8, 4) is 0 Å². The second kappa shape index (κ2) is 4.94. The molecule has 0 amide bonds. The molecule has 2 aromatic rings. The van der Waals surface area contributed by atoms with E-state index in [0.29, 0.717) is 16.9 Å². The van der Waals surface area contributed by atoms with Crippen molar-refractivity contribution in [1.29, 1.82) is 0 Å². The van der Waals surface area contributed by atoms with E-state index >= 15 is 0 Å². The van der Waals surface area contributed by atoms with Gasteiger partial charge in [0.15, 0.2) is 5.13 Å². The van der Waals surface area contributed by atoms with Gasteiger partial charge in [-0.1, -0.05) is 39.0 Å². The quantitative estimate of drug-likeness (QED) is 0.797. The molecule has 4 heteroatoms. The van der Waals surface area contributed by atoms with Crippen molar-refractivity contribution in [2.24, 2.45) is 10.8 Å². The lowest BCUT2D eigenvalue weighted by Crippen LogP contribution is -2.40. The van der Waals surface area contributed by atoms with Crippen LogP contribution in [0.4, 0.5) is 9.52 Å². The Labute approximate surface area is 129 Å². The zero-order valence-electron chi connectivity index (χ0n) is 13.2. The SMILES string of the molecule is CC1(C)CC(Nc2nc3ccc(F)cc3s2)CC(C)(C)C1. The average Bonchev–Trinajstić information content (AvgIpc) is 2.65. The van der Waals surface area contributed by atoms with Crippen LogP contribution in [0.25, 0.3) is 10.2 Å². The van der Waals surface area contributed by atoms with Crippen molar-refractivity contribution in [2.75, 3.05) is 5.32 Å². The van der Waals surface area contributed by atoms with Crippen LogP contribution in [-0.4, -0.2) is 11.0 Å². The van der Waals surface area contributed by atoms with E-state index in [1.54, 1.807) is 23.5 Å². The largest absolute Gasteiger partial charge is 0.359 e. The first-order valence-electron chi connectivity index (χ1n) is 7.55. The Kier molecular flexibility index (Phi) is 3.47. The van der Waals surface area contributed by atoms with E-state index in [1.807, 2.05) is 0 Å². The van der Waals surface area contributed by atoms with Gasteiger partial charge in [-0.2, -0.15) is 0 Å². The van der Waals surface area contributed by atoms with Crippen LogP contribution in [-0.2, 0) is 0 Å². The monoisotopic (exact) mass is 306 g/mol. The lowest BCUT2D eigenvalue weighted by Gasteiger charge is -2.45. The summed E-state index contributed by atoms with van der Waals surface area (Å²) >= 11 is 1.54. The van der Waals surface area contributed by atoms with Crippen LogP contribution in [0.3, 0.4) is 0 Å². The Hall–Kier alpha value is -1.16. The van der Waals surface area contributed by atoms with Gasteiger partial charge in [0.05, 0.1) is 10.2 Å². The molecule has 1 aliphatic rings. The first-order valence-corrected chi connectivity index (χ1v) is 8.37. The third-order valence-electron chi connectivity index (χ3n) is 4.23. The minimum Gasteiger partial charge on any atom is -0.359 e. The number of benzene rings is 1. The molecule has 0 aliphatic heterocycles. The molecule has 0 bridgehead atoms. The molecular weight excluding hydrogens is 283 g/mol. The number of thiazole rings is 1. The van der Waals surface area contributed by atoms with E-state index in [9.17, 15) is 4.39 Å². The smallest absolute Gasteiger partial charge is 0.184 e. The second-order valence-electron chi connectivity index (χ2n) is 7.89. The molecule has 2 nitrogen and oxygen atoms in total. The van der Waals surface area contributed by atoms with Gasteiger partial charge in [0.1, 0.15) is 5.82 Å². The zero-order valence-corrected chi connectivity index (χ0v) is 14.0. The van der Waals surface area contributed by atoms with Gasteiger partial charge in [0.25, 0.3) is 0 Å². The van der Waals surface area contributed by atoms with E-state index in [-0.39, 0.29) is 5.82 Å². The molecule has 0 unspecified atom stereocenters. The highest BCUT2D eigenvalue weighted by atomic mass is 32.1. The molecule has 0 atom stereocenters. The van der Waals surface area contributed by atoms with Gasteiger partial charge in [0.2, 0.25) is 0 Å². The van der Waals surface area contributed by atoms with Crippen molar-refractivity contribution in [1.82, 2.24) is 4.98 Å². The number of rotatable bonds is 2. The average molecular weight is 306 g/mol. The fourth-order valence-corrected chi connectivity index (χ4v) is 5.05. The Morgan fingerprint density at radius 2 is 1.86 bits per heavy atom. The third kappa shape index (κ3) is 3.37. The minimum absolute atomic E-state index is 0.197. The number of anilines is 1. The predicted octanol–water partition coefficient (Wildman–Crippen LogP) is 5.45. The van der Waals surface area contributed by atoms with E-state index in [4.69, 9.17) is 0 Å². The highest BCUT2D eigenvalue weighted by Crippen LogP contribution is 2.46. The molecule has 1 aromatic heterocycles. The van der Waals surface area contributed by atoms with E-state index in [0.717, 1.165) is 28.2 Å². The Morgan fingerprint density at radius 1 is 1.19 bits per heavy atom. The normalized spacial score (nSPS) is 21.6. The second-order valence-corrected chi connectivity index (χ2v) is 8.92. The molecule has 0 spiro atoms. The topological polar surface area (TPSA) is 24.9 Å². The van der Waals surface area contributed by atoms with Crippen LogP contribution in [0.5, 0.6) is 0 Å². The molecule has 0 radical (unpaired) electrons. The lowest BCUT2D eigenvalue weighted by atomic mass is 9.63. The van der Waals surface area contributed by atoms with Gasteiger partial charge in [-0.3, -0.25) is 0 Å². The summed E-state index contributed by atoms with van der Waals surface area (Å²) in [7, 11) is 0. The molecular formula is C17H23FN2S. The van der Waals surface area contributed by atoms with Gasteiger partial charge >= 0.3 is 0 Å². The lowest BCUT2D eigenvalue weighted by molar-refractivity contribution is 0.105. The molecule has 114 valence electrons. The first-order chi connectivity index (χ1) is 9.72. The number of nitrogens with one attached hydrogen (secondary N) is 1. The highest BCUT2D eigenvalue weighted by Gasteiger charge is 2.38. The van der Waals surface area contributed by atoms with E-state index in [1.165, 1.54) is 12.5 Å². The number of fused-ring (bicyclic) bond motifs is 1. The fraction of sp³-hybridized carbons (Fsp3) is 0.588. The summed E-state index contributed by atoms with van der Waals surface area (Å²) in [6.45, 7) is 9.37. The number of hydrogen-bond donors (Lipinski definition) is 1. The summed E-state index contributed by atoms with van der Waals surface area (Å²) in [4.78, 5) is 4.58. The summed E-state index contributed by atoms with van der Waals surface area (Å²) in [6.07, 6.45) is 3.56. The first kappa shape index (κ1) is 14.8. The van der Waals surface area contributed by atoms with Gasteiger partial charge in [-0.15, -0.1) is 0 Å². The maximum Gasteiger partial charge on any atom is 0.184 e. The van der Waals surface area contributed by atoms with Gasteiger partial charge < -0.3 is 5.32 Å². The summed E-state index contributed by atoms with van der Waals surface area (Å²) < 4.78 is 14.2. The maximum absolute atomic E-state index is 13.3. The standard InChI is InChI=1S/C17H23FN2S/c1-16(2)8-12(9-17(3,4)10-16)19-15-20-13-6-5-11(18)7-14(13)21-15/h5-7,12H,8-10H2,1-4H3,(H,19,20). The maximum atomic E-state index is 13.3. The van der Waals surface area contributed by atoms with E-state index < -0.39 is 0 Å². The molecule has 1 N–H and O–H groups in total. The van der Waals surface area contributed by atoms with E-state index in [2.05, 4.69) is 38.0 Å². The van der Waals surface area contributed by atoms with Gasteiger partial charge in [0, 0.05) is 6.04 Å². The Bertz CT molecular complexity index is 644. The van der Waals surface area contributed by atoms with Gasteiger partial charge in [-0.25, -0.2) is 9.37 Å². The van der Waals surface area contributed by atoms with Gasteiger partial charge in [-0.05, 0) is 48.3 Å². The molecule has 1 aliphatic carbocycles. The molecule has 0 saturated heterocycles. The highest BCUT2D eigenvalue weighted by molar-refractivity contribution is 7.22. The third-order valence-corrected chi connectivity index (χ3v) is 5.18. The number of aromatic nitrogens is 1. The number of hydrogen-bond acceptors (Lipinski definition) is 3. The van der Waals surface area contributed by atoms with Crippen LogP contribution in [0.15, 0.2) is 18.2 Å². The van der Waals surface area contributed by atoms with Crippen molar-refractivity contribution < 1.29 is 4.39 Å². The number of nitrogens with zero attached hydrogens (tertiary/aromatic N) is 1. The predicted molar refractivity (Wildman–Crippen MR) is 88.4 cm³/mol. The van der Waals surface area contributed by atoms with Crippen molar-refractivity contribution in [3.63, 3.8) is 0 Å². The summed E-state index contributed by atoms with van der Waals surface area (Å²) in [5.41, 5.74) is 1.57. The zero-order chi connectivity index (χ0) is 15.3. The van der Waals surface area contributed by atoms with Crippen LogP contribution in [0.2, 0.25) is 0 Å². The summed E-state index contributed by atoms with van der Waals surface area (Å²) in [6, 6.07) is 5.22. The molecule has 1 aromatic carbocycles. The van der Waals surface area contributed by atoms with Crippen LogP contribution >= 0.6 is 11.3 Å². The minimum atomic E-state index is -0.197. The molecule has 1 heterocycles. The van der Waals surface area contributed by atoms with Crippen LogP contribution in [0.1, 0.15) is 47.0 Å². The summed E-state index contributed by atoms with van der Waals surface area (Å²) in [5.74, 6) is -0.197. The molecule has 21 heavy (non-hydrogen) atoms. The Morgan fingerprint density at radius 3 is 2.52 bits per heavy atom. The summed E-state index contributed by atoms with van der Waals surface area (Å²) in [5, 5.41) is 4.50. The van der Waals surface area contributed by atoms with Crippen LogP contribution < -0.4 is 5.32 Å². The molecule has 1 fully saturated rings. The van der Waals surface area contributed by atoms with Crippen LogP contribution in [0, 0.1) is 16.6 Å². The van der Waals surface area contributed by atoms with Crippen molar-refractivity contribution >= 4 is 26.7 Å². The molecule has 1 saturated carbocycles. The molecule has 3 rings (SSSR count). The van der Waals surface area contributed by atoms with Crippen molar-refractivity contribution in [2.45, 2.75) is 53.0 Å². The fourth-order valence-electron chi connectivity index (χ4n) is 4.08. The Balaban J connectivity index is 1.81. The van der Waals surface area contributed by atoms with Crippen molar-refractivity contribution in [3.05, 3.63) is 24.0 Å². The number of halogens is 1.